The van der Waals surface area contributed by atoms with Gasteiger partial charge in [-0.15, -0.1) is 5.92 Å². The van der Waals surface area contributed by atoms with Crippen LogP contribution in [0.4, 0.5) is 14.5 Å². The molecule has 0 aliphatic carbocycles. The highest BCUT2D eigenvalue weighted by molar-refractivity contribution is 6.04. The maximum absolute atomic E-state index is 13.2. The first-order valence-corrected chi connectivity index (χ1v) is 7.76. The van der Waals surface area contributed by atoms with Gasteiger partial charge in [-0.1, -0.05) is 19.8 Å². The van der Waals surface area contributed by atoms with E-state index in [0.717, 1.165) is 23.4 Å². The summed E-state index contributed by atoms with van der Waals surface area (Å²) in [6, 6.07) is 5.13. The lowest BCUT2D eigenvalue weighted by atomic mass is 10.2. The molecule has 1 heterocycles. The van der Waals surface area contributed by atoms with Crippen molar-refractivity contribution >= 4 is 11.6 Å². The quantitative estimate of drug-likeness (QED) is 0.813. The van der Waals surface area contributed by atoms with Gasteiger partial charge in [0.2, 0.25) is 0 Å². The Labute approximate surface area is 141 Å². The van der Waals surface area contributed by atoms with Crippen molar-refractivity contribution in [1.29, 1.82) is 0 Å². The second kappa shape index (κ2) is 8.88. The monoisotopic (exact) mass is 332 g/mol. The molecule has 0 fully saturated rings. The van der Waals surface area contributed by atoms with Gasteiger partial charge in [0.15, 0.2) is 11.6 Å². The van der Waals surface area contributed by atoms with Crippen LogP contribution < -0.4 is 5.32 Å². The summed E-state index contributed by atoms with van der Waals surface area (Å²) in [5.41, 5.74) is 2.38. The van der Waals surface area contributed by atoms with Crippen LogP contribution in [0.15, 0.2) is 24.3 Å². The van der Waals surface area contributed by atoms with E-state index in [9.17, 15) is 13.6 Å². The minimum atomic E-state index is -1.00. The van der Waals surface area contributed by atoms with E-state index in [4.69, 9.17) is 0 Å². The van der Waals surface area contributed by atoms with Gasteiger partial charge in [0, 0.05) is 17.4 Å². The highest BCUT2D eigenvalue weighted by atomic mass is 19.2. The fraction of sp³-hybridized carbons (Fsp3) is 0.316. The number of amides is 1. The third-order valence-corrected chi connectivity index (χ3v) is 3.30. The van der Waals surface area contributed by atoms with Gasteiger partial charge in [0.05, 0.1) is 6.54 Å². The van der Waals surface area contributed by atoms with Gasteiger partial charge in [-0.25, -0.2) is 8.78 Å². The summed E-state index contributed by atoms with van der Waals surface area (Å²) in [7, 11) is 0. The molecule has 0 spiro atoms. The fourth-order valence-corrected chi connectivity index (χ4v) is 2.28. The van der Waals surface area contributed by atoms with Crippen LogP contribution in [0.5, 0.6) is 0 Å². The van der Waals surface area contributed by atoms with Gasteiger partial charge in [-0.2, -0.15) is 0 Å². The van der Waals surface area contributed by atoms with E-state index in [1.54, 1.807) is 11.5 Å². The molecular formula is C19H22F2N2O. The summed E-state index contributed by atoms with van der Waals surface area (Å²) < 4.78 is 27.9. The molecule has 0 bridgehead atoms. The number of aromatic nitrogens is 1. The van der Waals surface area contributed by atoms with Crippen molar-refractivity contribution in [3.8, 4) is 11.8 Å². The van der Waals surface area contributed by atoms with E-state index >= 15 is 0 Å². The lowest BCUT2D eigenvalue weighted by Gasteiger charge is -2.10. The van der Waals surface area contributed by atoms with E-state index in [-0.39, 0.29) is 11.6 Å². The van der Waals surface area contributed by atoms with Gasteiger partial charge in [0.25, 0.3) is 5.91 Å². The van der Waals surface area contributed by atoms with Gasteiger partial charge in [-0.05, 0) is 44.5 Å². The Morgan fingerprint density at radius 2 is 1.83 bits per heavy atom. The molecule has 0 aliphatic heterocycles. The third kappa shape index (κ3) is 4.45. The van der Waals surface area contributed by atoms with Gasteiger partial charge in [-0.3, -0.25) is 4.79 Å². The largest absolute Gasteiger partial charge is 0.329 e. The summed E-state index contributed by atoms with van der Waals surface area (Å²) in [5.74, 6) is 3.37. The van der Waals surface area contributed by atoms with Crippen LogP contribution in [-0.2, 0) is 6.54 Å². The highest BCUT2D eigenvalue weighted by Gasteiger charge is 2.17. The van der Waals surface area contributed by atoms with Crippen LogP contribution in [0.2, 0.25) is 0 Å². The van der Waals surface area contributed by atoms with Crippen LogP contribution in [0, 0.1) is 37.3 Å². The van der Waals surface area contributed by atoms with Gasteiger partial charge >= 0.3 is 0 Å². The molecule has 2 aromatic rings. The first-order chi connectivity index (χ1) is 11.4. The van der Waals surface area contributed by atoms with E-state index in [1.807, 2.05) is 33.8 Å². The maximum atomic E-state index is 13.2. The molecule has 1 aromatic heterocycles. The summed E-state index contributed by atoms with van der Waals surface area (Å²) in [6.07, 6.45) is 0. The van der Waals surface area contributed by atoms with Gasteiger partial charge in [0.1, 0.15) is 5.69 Å². The smallest absolute Gasteiger partial charge is 0.272 e. The SMILES string of the molecule is CC.CC#CCn1c(C)cc(C)c1C(=O)Nc1ccc(F)c(F)c1. The number of carbonyl (C=O) groups excluding carboxylic acids is 1. The Bertz CT molecular complexity index is 783. The second-order valence-corrected chi connectivity index (χ2v) is 4.91. The topological polar surface area (TPSA) is 34.0 Å². The number of halogens is 2. The highest BCUT2D eigenvalue weighted by Crippen LogP contribution is 2.18. The number of aryl methyl sites for hydroxylation is 2. The lowest BCUT2D eigenvalue weighted by molar-refractivity contribution is 0.101. The molecule has 24 heavy (non-hydrogen) atoms. The number of nitrogens with zero attached hydrogens (tertiary/aromatic N) is 1. The van der Waals surface area contributed by atoms with Crippen molar-refractivity contribution in [2.24, 2.45) is 0 Å². The molecule has 1 N–H and O–H groups in total. The fourth-order valence-electron chi connectivity index (χ4n) is 2.28. The standard InChI is InChI=1S/C17H16F2N2O.C2H6/c1-4-5-8-21-12(3)9-11(2)16(21)17(22)20-13-6-7-14(18)15(19)10-13;1-2/h6-7,9-10H,8H2,1-3H3,(H,20,22);1-2H3. The molecular weight excluding hydrogens is 310 g/mol. The zero-order chi connectivity index (χ0) is 18.3. The molecule has 2 rings (SSSR count). The molecule has 3 nitrogen and oxygen atoms in total. The molecule has 0 radical (unpaired) electrons. The molecule has 1 aromatic carbocycles. The van der Waals surface area contributed by atoms with Crippen LogP contribution in [0.1, 0.15) is 42.5 Å². The predicted molar refractivity (Wildman–Crippen MR) is 93.0 cm³/mol. The summed E-state index contributed by atoms with van der Waals surface area (Å²) in [5, 5.41) is 2.58. The summed E-state index contributed by atoms with van der Waals surface area (Å²) in [4.78, 5) is 12.4. The molecule has 0 unspecified atom stereocenters. The van der Waals surface area contributed by atoms with Crippen LogP contribution >= 0.6 is 0 Å². The molecule has 1 amide bonds. The number of carbonyl (C=O) groups is 1. The van der Waals surface area contributed by atoms with E-state index in [2.05, 4.69) is 17.2 Å². The first kappa shape index (κ1) is 19.4. The Balaban J connectivity index is 0.00000139. The Morgan fingerprint density at radius 1 is 1.17 bits per heavy atom. The Morgan fingerprint density at radius 3 is 2.42 bits per heavy atom. The molecule has 128 valence electrons. The van der Waals surface area contributed by atoms with Crippen molar-refractivity contribution in [3.05, 3.63) is 52.9 Å². The number of benzene rings is 1. The average molecular weight is 332 g/mol. The van der Waals surface area contributed by atoms with Crippen molar-refractivity contribution in [3.63, 3.8) is 0 Å². The maximum Gasteiger partial charge on any atom is 0.272 e. The van der Waals surface area contributed by atoms with Crippen LogP contribution in [-0.4, -0.2) is 10.5 Å². The first-order valence-electron chi connectivity index (χ1n) is 7.76. The Kier molecular flexibility index (Phi) is 7.19. The number of hydrogen-bond donors (Lipinski definition) is 1. The summed E-state index contributed by atoms with van der Waals surface area (Å²) >= 11 is 0. The van der Waals surface area contributed by atoms with E-state index in [0.29, 0.717) is 12.2 Å². The lowest BCUT2D eigenvalue weighted by Crippen LogP contribution is -2.18. The molecule has 0 aliphatic rings. The third-order valence-electron chi connectivity index (χ3n) is 3.30. The Hall–Kier alpha value is -2.61. The minimum Gasteiger partial charge on any atom is -0.329 e. The normalized spacial score (nSPS) is 9.46. The molecule has 0 saturated carbocycles. The number of rotatable bonds is 3. The zero-order valence-corrected chi connectivity index (χ0v) is 14.6. The predicted octanol–water partition coefficient (Wildman–Crippen LogP) is 4.68. The number of hydrogen-bond acceptors (Lipinski definition) is 1. The van der Waals surface area contributed by atoms with Crippen LogP contribution in [0.25, 0.3) is 0 Å². The number of nitrogens with one attached hydrogen (secondary N) is 1. The minimum absolute atomic E-state index is 0.204. The molecule has 0 saturated heterocycles. The summed E-state index contributed by atoms with van der Waals surface area (Å²) in [6.45, 7) is 9.84. The van der Waals surface area contributed by atoms with Crippen molar-refractivity contribution in [1.82, 2.24) is 4.57 Å². The van der Waals surface area contributed by atoms with E-state index in [1.165, 1.54) is 6.07 Å². The zero-order valence-electron chi connectivity index (χ0n) is 14.6. The second-order valence-electron chi connectivity index (χ2n) is 4.91. The molecule has 0 atom stereocenters. The van der Waals surface area contributed by atoms with E-state index < -0.39 is 11.6 Å². The van der Waals surface area contributed by atoms with Crippen molar-refractivity contribution in [2.75, 3.05) is 5.32 Å². The van der Waals surface area contributed by atoms with Crippen molar-refractivity contribution < 1.29 is 13.6 Å². The van der Waals surface area contributed by atoms with Crippen molar-refractivity contribution in [2.45, 2.75) is 41.2 Å². The van der Waals surface area contributed by atoms with Gasteiger partial charge < -0.3 is 9.88 Å². The average Bonchev–Trinajstić information content (AvgIpc) is 2.84. The number of anilines is 1. The molecule has 5 heteroatoms. The van der Waals surface area contributed by atoms with Crippen LogP contribution in [0.3, 0.4) is 0 Å².